The molecule has 0 aromatic rings. The Morgan fingerprint density at radius 1 is 0.571 bits per heavy atom. The number of allylic oxidation sites excluding steroid dienone is 8. The van der Waals surface area contributed by atoms with Gasteiger partial charge < -0.3 is 6.42 Å². The fraction of sp³-hybridized carbons (Fsp3) is 0.526. The van der Waals surface area contributed by atoms with Crippen LogP contribution in [0.1, 0.15) is 25.7 Å². The van der Waals surface area contributed by atoms with Crippen molar-refractivity contribution in [2.24, 2.45) is 35.5 Å². The molecule has 0 heterocycles. The van der Waals surface area contributed by atoms with Crippen molar-refractivity contribution in [3.05, 3.63) is 55.0 Å². The van der Waals surface area contributed by atoms with E-state index in [1.165, 1.54) is 25.7 Å². The van der Waals surface area contributed by atoms with Gasteiger partial charge in [0.1, 0.15) is 0 Å². The minimum atomic E-state index is 0. The molecular weight excluding hydrogens is 406 g/mol. The van der Waals surface area contributed by atoms with E-state index in [2.05, 4.69) is 55.0 Å². The third-order valence-electron chi connectivity index (χ3n) is 5.74. The summed E-state index contributed by atoms with van der Waals surface area (Å²) in [7, 11) is 0. The van der Waals surface area contributed by atoms with Crippen molar-refractivity contribution >= 4 is 0 Å². The van der Waals surface area contributed by atoms with Crippen molar-refractivity contribution in [2.45, 2.75) is 25.7 Å². The minimum Gasteiger partial charge on any atom is -0.321 e. The van der Waals surface area contributed by atoms with Crippen molar-refractivity contribution in [1.29, 1.82) is 0 Å². The van der Waals surface area contributed by atoms with Gasteiger partial charge in [-0.2, -0.15) is 11.8 Å². The molecule has 21 heavy (non-hydrogen) atoms. The first-order valence-corrected chi connectivity index (χ1v) is 7.97. The van der Waals surface area contributed by atoms with Crippen LogP contribution in [0.15, 0.2) is 48.6 Å². The topological polar surface area (TPSA) is 0 Å². The molecule has 2 heteroatoms. The summed E-state index contributed by atoms with van der Waals surface area (Å²) in [6, 6.07) is 0. The Kier molecular flexibility index (Phi) is 7.33. The molecule has 0 N–H and O–H groups in total. The standard InChI is InChI=1S/C19H23.2Y/c1-3-7-18-14(5-1)9-11-16(18)13-17-12-10-15-6-2-4-8-19(15)17;;/h1-8,13-19H,9-12H2;;/q-1;;. The Hall–Kier alpha value is 1.17. The van der Waals surface area contributed by atoms with E-state index in [9.17, 15) is 0 Å². The molecule has 6 atom stereocenters. The van der Waals surface area contributed by atoms with Gasteiger partial charge in [0.2, 0.25) is 0 Å². The van der Waals surface area contributed by atoms with Crippen LogP contribution in [0.2, 0.25) is 0 Å². The molecule has 4 aliphatic carbocycles. The van der Waals surface area contributed by atoms with E-state index in [0.717, 1.165) is 35.5 Å². The zero-order valence-corrected chi connectivity index (χ0v) is 18.3. The summed E-state index contributed by atoms with van der Waals surface area (Å²) in [6.07, 6.45) is 27.1. The Balaban J connectivity index is 0.000000807. The molecule has 2 fully saturated rings. The SMILES string of the molecule is C1=CC2CCC([CH-]C3CCC4C=CC=CC43)C2C=C1.[Y].[Y]. The van der Waals surface area contributed by atoms with Gasteiger partial charge in [0.05, 0.1) is 0 Å². The van der Waals surface area contributed by atoms with Crippen LogP contribution in [0.4, 0.5) is 0 Å². The van der Waals surface area contributed by atoms with E-state index >= 15 is 0 Å². The first-order chi connectivity index (χ1) is 9.42. The molecule has 0 aromatic heterocycles. The van der Waals surface area contributed by atoms with Gasteiger partial charge in [0, 0.05) is 65.4 Å². The molecule has 0 aromatic carbocycles. The number of fused-ring (bicyclic) bond motifs is 2. The average molecular weight is 429 g/mol. The quantitative estimate of drug-likeness (QED) is 0.558. The molecule has 106 valence electrons. The predicted molar refractivity (Wildman–Crippen MR) is 80.3 cm³/mol. The van der Waals surface area contributed by atoms with E-state index < -0.39 is 0 Å². The zero-order chi connectivity index (χ0) is 12.7. The van der Waals surface area contributed by atoms with Crippen LogP contribution in [-0.2, 0) is 65.4 Å². The van der Waals surface area contributed by atoms with Crippen molar-refractivity contribution < 1.29 is 65.4 Å². The summed E-state index contributed by atoms with van der Waals surface area (Å²) in [6.45, 7) is 0. The Morgan fingerprint density at radius 3 is 1.48 bits per heavy atom. The maximum Gasteiger partial charge on any atom is 0 e. The van der Waals surface area contributed by atoms with Crippen LogP contribution < -0.4 is 0 Å². The number of hydrogen-bond donors (Lipinski definition) is 0. The van der Waals surface area contributed by atoms with Crippen LogP contribution >= 0.6 is 0 Å². The first kappa shape index (κ1) is 18.5. The van der Waals surface area contributed by atoms with E-state index in [-0.39, 0.29) is 65.4 Å². The average Bonchev–Trinajstić information content (AvgIpc) is 3.05. The molecule has 0 amide bonds. The molecule has 0 nitrogen and oxygen atoms in total. The van der Waals surface area contributed by atoms with Gasteiger partial charge in [-0.05, 0) is 36.5 Å². The van der Waals surface area contributed by atoms with Gasteiger partial charge in [-0.3, -0.25) is 0 Å². The summed E-state index contributed by atoms with van der Waals surface area (Å²) in [5.41, 5.74) is 0. The van der Waals surface area contributed by atoms with Crippen molar-refractivity contribution in [1.82, 2.24) is 0 Å². The fourth-order valence-electron chi connectivity index (χ4n) is 4.76. The molecule has 0 saturated heterocycles. The van der Waals surface area contributed by atoms with E-state index in [0.29, 0.717) is 0 Å². The van der Waals surface area contributed by atoms with E-state index in [1.807, 2.05) is 0 Å². The van der Waals surface area contributed by atoms with Crippen LogP contribution in [0.3, 0.4) is 0 Å². The zero-order valence-electron chi connectivity index (χ0n) is 12.6. The molecule has 4 rings (SSSR count). The minimum absolute atomic E-state index is 0. The summed E-state index contributed by atoms with van der Waals surface area (Å²) >= 11 is 0. The van der Waals surface area contributed by atoms with Crippen LogP contribution in [0, 0.1) is 41.9 Å². The molecule has 0 bridgehead atoms. The Morgan fingerprint density at radius 2 is 1.00 bits per heavy atom. The molecule has 0 aliphatic heterocycles. The summed E-state index contributed by atoms with van der Waals surface area (Å²) < 4.78 is 0. The molecule has 2 radical (unpaired) electrons. The van der Waals surface area contributed by atoms with Crippen molar-refractivity contribution in [3.8, 4) is 0 Å². The molecule has 2 saturated carbocycles. The molecule has 6 unspecified atom stereocenters. The van der Waals surface area contributed by atoms with Crippen LogP contribution in [0.5, 0.6) is 0 Å². The van der Waals surface area contributed by atoms with Gasteiger partial charge in [0.15, 0.2) is 0 Å². The third kappa shape index (κ3) is 3.81. The Labute approximate surface area is 179 Å². The maximum absolute atomic E-state index is 2.74. The van der Waals surface area contributed by atoms with Crippen LogP contribution in [0.25, 0.3) is 0 Å². The van der Waals surface area contributed by atoms with Crippen molar-refractivity contribution in [3.63, 3.8) is 0 Å². The maximum atomic E-state index is 2.74. The van der Waals surface area contributed by atoms with E-state index in [1.54, 1.807) is 0 Å². The van der Waals surface area contributed by atoms with Gasteiger partial charge in [0.25, 0.3) is 0 Å². The fourth-order valence-corrected chi connectivity index (χ4v) is 4.76. The molecule has 0 spiro atoms. The van der Waals surface area contributed by atoms with Gasteiger partial charge >= 0.3 is 0 Å². The second-order valence-corrected chi connectivity index (χ2v) is 6.70. The molecular formula is C19H23Y2-. The van der Waals surface area contributed by atoms with Gasteiger partial charge in [-0.25, -0.2) is 0 Å². The van der Waals surface area contributed by atoms with Crippen molar-refractivity contribution in [2.75, 3.05) is 0 Å². The Bertz CT molecular complexity index is 418. The smallest absolute Gasteiger partial charge is 0 e. The summed E-state index contributed by atoms with van der Waals surface area (Å²) in [4.78, 5) is 0. The monoisotopic (exact) mass is 429 g/mol. The predicted octanol–water partition coefficient (Wildman–Crippen LogP) is 4.72. The largest absolute Gasteiger partial charge is 0.321 e. The molecule has 4 aliphatic rings. The normalized spacial score (nSPS) is 42.1. The summed E-state index contributed by atoms with van der Waals surface area (Å²) in [5.74, 6) is 4.90. The second kappa shape index (κ2) is 8.32. The van der Waals surface area contributed by atoms with Gasteiger partial charge in [-0.15, -0.1) is 0 Å². The number of rotatable bonds is 2. The summed E-state index contributed by atoms with van der Waals surface area (Å²) in [5, 5.41) is 0. The number of hydrogen-bond acceptors (Lipinski definition) is 0. The van der Waals surface area contributed by atoms with Crippen LogP contribution in [-0.4, -0.2) is 0 Å². The third-order valence-corrected chi connectivity index (χ3v) is 5.74. The second-order valence-electron chi connectivity index (χ2n) is 6.70. The van der Waals surface area contributed by atoms with E-state index in [4.69, 9.17) is 0 Å². The first-order valence-electron chi connectivity index (χ1n) is 7.97. The van der Waals surface area contributed by atoms with Gasteiger partial charge in [-0.1, -0.05) is 61.4 Å².